The van der Waals surface area contributed by atoms with Gasteiger partial charge in [0.25, 0.3) is 0 Å². The molecule has 0 atom stereocenters. The lowest BCUT2D eigenvalue weighted by molar-refractivity contribution is 0.0258. The number of nitrogens with zero attached hydrogens (tertiary/aromatic N) is 1. The van der Waals surface area contributed by atoms with Gasteiger partial charge in [-0.05, 0) is 24.3 Å². The molecule has 2 aliphatic heterocycles. The van der Waals surface area contributed by atoms with Crippen molar-refractivity contribution >= 4 is 22.7 Å². The third kappa shape index (κ3) is 4.72. The normalized spacial score (nSPS) is 19.0. The standard InChI is InChI=1S/C17H25N3O4S/c18-7-11-23-12-10-20-8-5-17(6-9-20)4-3-14-13-15(19-25(21)22)1-2-16(14)24-17/h1-4,13,25H,5-12,18H2,(H,19,21,22). The molecule has 0 amide bonds. The van der Waals surface area contributed by atoms with Crippen molar-refractivity contribution in [2.45, 2.75) is 18.4 Å². The van der Waals surface area contributed by atoms with Crippen molar-refractivity contribution < 1.29 is 17.9 Å². The Bertz CT molecular complexity index is 689. The third-order valence-corrected chi connectivity index (χ3v) is 5.07. The number of fused-ring (bicyclic) bond motifs is 1. The van der Waals surface area contributed by atoms with Gasteiger partial charge in [0, 0.05) is 50.3 Å². The number of thiol groups is 1. The maximum atomic E-state index is 10.8. The number of hydrogen-bond donors (Lipinski definition) is 3. The Hall–Kier alpha value is -1.61. The molecule has 7 nitrogen and oxygen atoms in total. The van der Waals surface area contributed by atoms with E-state index >= 15 is 0 Å². The van der Waals surface area contributed by atoms with Crippen LogP contribution in [0.2, 0.25) is 0 Å². The van der Waals surface area contributed by atoms with E-state index < -0.39 is 10.9 Å². The highest BCUT2D eigenvalue weighted by molar-refractivity contribution is 7.73. The summed E-state index contributed by atoms with van der Waals surface area (Å²) in [5.74, 6) is 0.800. The van der Waals surface area contributed by atoms with Crippen LogP contribution in [0.25, 0.3) is 6.08 Å². The van der Waals surface area contributed by atoms with Crippen LogP contribution in [0, 0.1) is 0 Å². The first-order chi connectivity index (χ1) is 12.1. The monoisotopic (exact) mass is 367 g/mol. The van der Waals surface area contributed by atoms with E-state index in [1.807, 2.05) is 12.1 Å². The molecule has 2 aliphatic rings. The minimum absolute atomic E-state index is 0.264. The zero-order chi connectivity index (χ0) is 17.7. The van der Waals surface area contributed by atoms with Gasteiger partial charge in [-0.25, -0.2) is 8.42 Å². The van der Waals surface area contributed by atoms with Gasteiger partial charge in [0.2, 0.25) is 10.9 Å². The van der Waals surface area contributed by atoms with Crippen LogP contribution in [-0.2, 0) is 15.6 Å². The summed E-state index contributed by atoms with van der Waals surface area (Å²) in [6.45, 7) is 4.71. The number of benzene rings is 1. The SMILES string of the molecule is NCCOCCN1CCC2(C=Cc3cc(N[SH](=O)=O)ccc3O2)CC1. The fraction of sp³-hybridized carbons (Fsp3) is 0.529. The van der Waals surface area contributed by atoms with Crippen molar-refractivity contribution in [3.63, 3.8) is 0 Å². The molecule has 138 valence electrons. The largest absolute Gasteiger partial charge is 0.482 e. The van der Waals surface area contributed by atoms with Crippen LogP contribution >= 0.6 is 0 Å². The molecule has 0 saturated carbocycles. The van der Waals surface area contributed by atoms with E-state index in [1.54, 1.807) is 12.1 Å². The number of nitrogens with two attached hydrogens (primary N) is 1. The lowest BCUT2D eigenvalue weighted by Crippen LogP contribution is -2.48. The van der Waals surface area contributed by atoms with Gasteiger partial charge < -0.3 is 20.1 Å². The molecule has 0 aromatic heterocycles. The summed E-state index contributed by atoms with van der Waals surface area (Å²) in [5, 5.41) is 0. The average Bonchev–Trinajstić information content (AvgIpc) is 2.60. The molecule has 25 heavy (non-hydrogen) atoms. The number of hydrogen-bond acceptors (Lipinski definition) is 6. The fourth-order valence-electron chi connectivity index (χ4n) is 3.24. The fourth-order valence-corrected chi connectivity index (χ4v) is 3.59. The van der Waals surface area contributed by atoms with Crippen molar-refractivity contribution in [3.05, 3.63) is 29.8 Å². The Morgan fingerprint density at radius 3 is 2.80 bits per heavy atom. The highest BCUT2D eigenvalue weighted by atomic mass is 32.2. The van der Waals surface area contributed by atoms with Crippen LogP contribution in [0.1, 0.15) is 18.4 Å². The maximum Gasteiger partial charge on any atom is 0.222 e. The topological polar surface area (TPSA) is 93.9 Å². The Balaban J connectivity index is 1.57. The second kappa shape index (κ2) is 8.18. The Morgan fingerprint density at radius 2 is 2.08 bits per heavy atom. The van der Waals surface area contributed by atoms with E-state index in [0.29, 0.717) is 25.4 Å². The molecular weight excluding hydrogens is 342 g/mol. The first-order valence-corrected chi connectivity index (χ1v) is 9.71. The second-order valence-electron chi connectivity index (χ2n) is 6.36. The van der Waals surface area contributed by atoms with Crippen LogP contribution in [0.15, 0.2) is 24.3 Å². The number of ether oxygens (including phenoxy) is 2. The smallest absolute Gasteiger partial charge is 0.222 e. The van der Waals surface area contributed by atoms with Crippen molar-refractivity contribution in [1.29, 1.82) is 0 Å². The first-order valence-electron chi connectivity index (χ1n) is 8.54. The highest BCUT2D eigenvalue weighted by Crippen LogP contribution is 2.38. The summed E-state index contributed by atoms with van der Waals surface area (Å²) in [6.07, 6.45) is 5.99. The summed E-state index contributed by atoms with van der Waals surface area (Å²) in [4.78, 5) is 2.38. The van der Waals surface area contributed by atoms with Crippen LogP contribution in [0.4, 0.5) is 5.69 Å². The zero-order valence-electron chi connectivity index (χ0n) is 14.1. The van der Waals surface area contributed by atoms with Gasteiger partial charge in [-0.2, -0.15) is 0 Å². The highest BCUT2D eigenvalue weighted by Gasteiger charge is 2.36. The third-order valence-electron chi connectivity index (χ3n) is 4.63. The van der Waals surface area contributed by atoms with Crippen LogP contribution in [0.5, 0.6) is 5.75 Å². The second-order valence-corrected chi connectivity index (χ2v) is 7.10. The molecule has 2 heterocycles. The van der Waals surface area contributed by atoms with Crippen LogP contribution < -0.4 is 15.2 Å². The van der Waals surface area contributed by atoms with E-state index in [4.69, 9.17) is 15.2 Å². The summed E-state index contributed by atoms with van der Waals surface area (Å²) < 4.78 is 35.7. The van der Waals surface area contributed by atoms with Gasteiger partial charge in [0.15, 0.2) is 0 Å². The number of piperidine rings is 1. The molecule has 1 aromatic carbocycles. The molecule has 1 aromatic rings. The molecule has 1 saturated heterocycles. The molecule has 1 spiro atoms. The van der Waals surface area contributed by atoms with E-state index in [0.717, 1.165) is 43.8 Å². The predicted octanol–water partition coefficient (Wildman–Crippen LogP) is 0.840. The Kier molecular flexibility index (Phi) is 5.95. The molecule has 0 bridgehead atoms. The lowest BCUT2D eigenvalue weighted by Gasteiger charge is -2.42. The summed E-state index contributed by atoms with van der Waals surface area (Å²) in [5.41, 5.74) is 6.59. The first kappa shape index (κ1) is 18.2. The van der Waals surface area contributed by atoms with Crippen molar-refractivity contribution in [1.82, 2.24) is 4.90 Å². The molecule has 0 unspecified atom stereocenters. The maximum absolute atomic E-state index is 10.8. The molecule has 0 radical (unpaired) electrons. The van der Waals surface area contributed by atoms with Crippen molar-refractivity contribution in [2.75, 3.05) is 44.1 Å². The number of anilines is 1. The lowest BCUT2D eigenvalue weighted by atomic mass is 9.88. The van der Waals surface area contributed by atoms with Gasteiger partial charge in [0.05, 0.1) is 13.2 Å². The summed E-state index contributed by atoms with van der Waals surface area (Å²) in [7, 11) is -2.66. The van der Waals surface area contributed by atoms with Crippen molar-refractivity contribution in [3.8, 4) is 5.75 Å². The summed E-state index contributed by atoms with van der Waals surface area (Å²) in [6, 6.07) is 5.34. The Labute approximate surface area is 149 Å². The van der Waals surface area contributed by atoms with E-state index in [2.05, 4.69) is 15.7 Å². The minimum atomic E-state index is -2.66. The van der Waals surface area contributed by atoms with Crippen LogP contribution in [-0.4, -0.2) is 58.3 Å². The van der Waals surface area contributed by atoms with Gasteiger partial charge in [-0.15, -0.1) is 0 Å². The quantitative estimate of drug-likeness (QED) is 0.488. The molecule has 0 aliphatic carbocycles. The van der Waals surface area contributed by atoms with Crippen LogP contribution in [0.3, 0.4) is 0 Å². The number of nitrogens with one attached hydrogen (secondary N) is 1. The molecular formula is C17H25N3O4S. The predicted molar refractivity (Wildman–Crippen MR) is 98.3 cm³/mol. The van der Waals surface area contributed by atoms with E-state index in [-0.39, 0.29) is 5.60 Å². The molecule has 3 N–H and O–H groups in total. The number of rotatable bonds is 7. The minimum Gasteiger partial charge on any atom is -0.482 e. The molecule has 3 rings (SSSR count). The van der Waals surface area contributed by atoms with Crippen molar-refractivity contribution in [2.24, 2.45) is 5.73 Å². The zero-order valence-corrected chi connectivity index (χ0v) is 15.0. The summed E-state index contributed by atoms with van der Waals surface area (Å²) >= 11 is 0. The van der Waals surface area contributed by atoms with E-state index in [1.165, 1.54) is 0 Å². The Morgan fingerprint density at radius 1 is 1.28 bits per heavy atom. The van der Waals surface area contributed by atoms with E-state index in [9.17, 15) is 8.42 Å². The molecule has 1 fully saturated rings. The molecule has 8 heteroatoms. The van der Waals surface area contributed by atoms with Gasteiger partial charge in [-0.3, -0.25) is 4.72 Å². The van der Waals surface area contributed by atoms with Gasteiger partial charge in [-0.1, -0.05) is 6.08 Å². The van der Waals surface area contributed by atoms with Gasteiger partial charge >= 0.3 is 0 Å². The average molecular weight is 367 g/mol. The number of likely N-dealkylation sites (tertiary alicyclic amines) is 1. The van der Waals surface area contributed by atoms with Gasteiger partial charge in [0.1, 0.15) is 11.4 Å².